The average molecular weight is 641 g/mol. The lowest BCUT2D eigenvalue weighted by atomic mass is 10.1. The minimum atomic E-state index is -4.40. The van der Waals surface area contributed by atoms with Crippen molar-refractivity contribution in [3.63, 3.8) is 0 Å². The number of nitro groups is 1. The Kier molecular flexibility index (Phi) is 9.35. The van der Waals surface area contributed by atoms with E-state index >= 15 is 0 Å². The highest BCUT2D eigenvalue weighted by molar-refractivity contribution is 9.10. The standard InChI is InChI=1S/C24H16BrCl2N3O7S/c1-2-36-21-12-14(10-15(13-28)24(31)29-20-5-3-4-19(26)22(20)27)11-18(25)23(21)37-38(34,35)17-8-6-16(7-9-17)30(32)33/h3-12H,2H2,1H3,(H,29,31)/b15-10+. The molecule has 196 valence electrons. The number of rotatable bonds is 9. The van der Waals surface area contributed by atoms with Crippen molar-refractivity contribution >= 4 is 72.6 Å². The molecule has 0 spiro atoms. The molecule has 1 amide bonds. The molecule has 0 heterocycles. The van der Waals surface area contributed by atoms with Crippen molar-refractivity contribution in [2.24, 2.45) is 0 Å². The zero-order chi connectivity index (χ0) is 28.0. The van der Waals surface area contributed by atoms with E-state index in [1.807, 2.05) is 0 Å². The Morgan fingerprint density at radius 1 is 1.21 bits per heavy atom. The van der Waals surface area contributed by atoms with Gasteiger partial charge >= 0.3 is 10.1 Å². The average Bonchev–Trinajstić information content (AvgIpc) is 2.87. The lowest BCUT2D eigenvalue weighted by Crippen LogP contribution is -2.14. The Labute approximate surface area is 235 Å². The highest BCUT2D eigenvalue weighted by atomic mass is 79.9. The topological polar surface area (TPSA) is 149 Å². The molecule has 1 N–H and O–H groups in total. The van der Waals surface area contributed by atoms with Crippen LogP contribution in [0.4, 0.5) is 11.4 Å². The summed E-state index contributed by atoms with van der Waals surface area (Å²) in [7, 11) is -4.40. The Bertz CT molecular complexity index is 1590. The number of hydrogen-bond acceptors (Lipinski definition) is 8. The normalized spacial score (nSPS) is 11.4. The summed E-state index contributed by atoms with van der Waals surface area (Å²) in [5, 5.41) is 23.2. The van der Waals surface area contributed by atoms with Crippen molar-refractivity contribution in [2.45, 2.75) is 11.8 Å². The first-order chi connectivity index (χ1) is 18.0. The van der Waals surface area contributed by atoms with Crippen LogP contribution >= 0.6 is 39.1 Å². The summed E-state index contributed by atoms with van der Waals surface area (Å²) >= 11 is 15.3. The Balaban J connectivity index is 1.94. The van der Waals surface area contributed by atoms with E-state index in [1.54, 1.807) is 25.1 Å². The first kappa shape index (κ1) is 28.9. The minimum Gasteiger partial charge on any atom is -0.490 e. The number of amides is 1. The third-order valence-corrected chi connectivity index (χ3v) is 7.38. The lowest BCUT2D eigenvalue weighted by Gasteiger charge is -2.14. The van der Waals surface area contributed by atoms with Gasteiger partial charge in [-0.05, 0) is 70.9 Å². The van der Waals surface area contributed by atoms with Gasteiger partial charge in [-0.25, -0.2) is 0 Å². The molecule has 0 atom stereocenters. The summed E-state index contributed by atoms with van der Waals surface area (Å²) in [6.07, 6.45) is 1.26. The largest absolute Gasteiger partial charge is 0.490 e. The van der Waals surface area contributed by atoms with E-state index in [2.05, 4.69) is 21.2 Å². The van der Waals surface area contributed by atoms with Crippen LogP contribution in [0.5, 0.6) is 11.5 Å². The number of nitrogens with zero attached hydrogens (tertiary/aromatic N) is 2. The summed E-state index contributed by atoms with van der Waals surface area (Å²) in [5.41, 5.74) is -0.0557. The smallest absolute Gasteiger partial charge is 0.339 e. The molecule has 14 heteroatoms. The van der Waals surface area contributed by atoms with Crippen LogP contribution in [0.25, 0.3) is 6.08 Å². The van der Waals surface area contributed by atoms with Crippen molar-refractivity contribution in [1.29, 1.82) is 5.26 Å². The number of halogens is 3. The maximum Gasteiger partial charge on any atom is 0.339 e. The number of hydrogen-bond donors (Lipinski definition) is 1. The molecule has 0 aliphatic heterocycles. The lowest BCUT2D eigenvalue weighted by molar-refractivity contribution is -0.384. The first-order valence-corrected chi connectivity index (χ1v) is 13.4. The second kappa shape index (κ2) is 12.3. The molecule has 3 rings (SSSR count). The third-order valence-electron chi connectivity index (χ3n) is 4.74. The number of nitrogens with one attached hydrogen (secondary N) is 1. The molecule has 0 bridgehead atoms. The maximum atomic E-state index is 12.8. The summed E-state index contributed by atoms with van der Waals surface area (Å²) < 4.78 is 36.6. The van der Waals surface area contributed by atoms with Gasteiger partial charge < -0.3 is 14.2 Å². The molecule has 0 fully saturated rings. The molecule has 10 nitrogen and oxygen atoms in total. The number of non-ortho nitro benzene ring substituents is 1. The zero-order valence-corrected chi connectivity index (χ0v) is 23.2. The number of anilines is 1. The predicted octanol–water partition coefficient (Wildman–Crippen LogP) is 6.38. The van der Waals surface area contributed by atoms with Crippen LogP contribution in [-0.2, 0) is 14.9 Å². The highest BCUT2D eigenvalue weighted by Crippen LogP contribution is 2.39. The Morgan fingerprint density at radius 2 is 1.89 bits per heavy atom. The third kappa shape index (κ3) is 6.81. The van der Waals surface area contributed by atoms with E-state index in [9.17, 15) is 28.6 Å². The number of nitriles is 1. The van der Waals surface area contributed by atoms with Gasteiger partial charge in [0.15, 0.2) is 11.5 Å². The van der Waals surface area contributed by atoms with Gasteiger partial charge in [0, 0.05) is 12.1 Å². The van der Waals surface area contributed by atoms with E-state index in [1.165, 1.54) is 24.3 Å². The maximum absolute atomic E-state index is 12.8. The van der Waals surface area contributed by atoms with Crippen molar-refractivity contribution in [3.05, 3.63) is 90.4 Å². The van der Waals surface area contributed by atoms with Crippen LogP contribution in [-0.4, -0.2) is 25.9 Å². The summed E-state index contributed by atoms with van der Waals surface area (Å²) in [6, 6.07) is 13.4. The van der Waals surface area contributed by atoms with Crippen molar-refractivity contribution in [2.75, 3.05) is 11.9 Å². The van der Waals surface area contributed by atoms with Gasteiger partial charge in [0.25, 0.3) is 11.6 Å². The van der Waals surface area contributed by atoms with Crippen LogP contribution in [0.1, 0.15) is 12.5 Å². The number of ether oxygens (including phenoxy) is 1. The summed E-state index contributed by atoms with van der Waals surface area (Å²) in [6.45, 7) is 1.79. The SMILES string of the molecule is CCOc1cc(/C=C(\C#N)C(=O)Nc2cccc(Cl)c2Cl)cc(Br)c1OS(=O)(=O)c1ccc([N+](=O)[O-])cc1. The monoisotopic (exact) mass is 639 g/mol. The number of carbonyl (C=O) groups excluding carboxylic acids is 1. The van der Waals surface area contributed by atoms with Crippen LogP contribution in [0, 0.1) is 21.4 Å². The fourth-order valence-electron chi connectivity index (χ4n) is 3.01. The van der Waals surface area contributed by atoms with E-state index in [0.717, 1.165) is 24.3 Å². The molecule has 0 saturated heterocycles. The van der Waals surface area contributed by atoms with E-state index in [-0.39, 0.29) is 54.5 Å². The van der Waals surface area contributed by atoms with Gasteiger partial charge in [0.1, 0.15) is 16.5 Å². The van der Waals surface area contributed by atoms with Crippen LogP contribution < -0.4 is 14.2 Å². The second-order valence-corrected chi connectivity index (χ2v) is 10.5. The second-order valence-electron chi connectivity index (χ2n) is 7.28. The molecule has 3 aromatic carbocycles. The Hall–Kier alpha value is -3.63. The van der Waals surface area contributed by atoms with Gasteiger partial charge in [0.2, 0.25) is 0 Å². The number of benzene rings is 3. The summed E-state index contributed by atoms with van der Waals surface area (Å²) in [5.74, 6) is -0.961. The Morgan fingerprint density at radius 3 is 2.50 bits per heavy atom. The van der Waals surface area contributed by atoms with E-state index < -0.39 is 20.9 Å². The van der Waals surface area contributed by atoms with Crippen molar-refractivity contribution in [1.82, 2.24) is 0 Å². The summed E-state index contributed by atoms with van der Waals surface area (Å²) in [4.78, 5) is 22.6. The first-order valence-electron chi connectivity index (χ1n) is 10.5. The predicted molar refractivity (Wildman–Crippen MR) is 145 cm³/mol. The minimum absolute atomic E-state index is 0.00537. The molecule has 0 radical (unpaired) electrons. The molecule has 0 aromatic heterocycles. The molecule has 0 saturated carbocycles. The molecular formula is C24H16BrCl2N3O7S. The fraction of sp³-hybridized carbons (Fsp3) is 0.0833. The fourth-order valence-corrected chi connectivity index (χ4v) is 4.97. The molecule has 38 heavy (non-hydrogen) atoms. The zero-order valence-electron chi connectivity index (χ0n) is 19.3. The highest BCUT2D eigenvalue weighted by Gasteiger charge is 2.23. The molecule has 0 aliphatic carbocycles. The number of carbonyl (C=O) groups is 1. The molecule has 3 aromatic rings. The molecular weight excluding hydrogens is 625 g/mol. The number of nitro benzene ring substituents is 1. The molecule has 0 aliphatic rings. The van der Waals surface area contributed by atoms with Gasteiger partial charge in [-0.15, -0.1) is 0 Å². The van der Waals surface area contributed by atoms with E-state index in [4.69, 9.17) is 32.1 Å². The van der Waals surface area contributed by atoms with Crippen LogP contribution in [0.3, 0.4) is 0 Å². The van der Waals surface area contributed by atoms with Crippen molar-refractivity contribution in [3.8, 4) is 17.6 Å². The van der Waals surface area contributed by atoms with Crippen LogP contribution in [0.15, 0.2) is 69.5 Å². The van der Waals surface area contributed by atoms with Gasteiger partial charge in [-0.1, -0.05) is 29.3 Å². The van der Waals surface area contributed by atoms with Gasteiger partial charge in [0.05, 0.1) is 31.7 Å². The van der Waals surface area contributed by atoms with Gasteiger partial charge in [-0.2, -0.15) is 13.7 Å². The quantitative estimate of drug-likeness (QED) is 0.0931. The van der Waals surface area contributed by atoms with Gasteiger partial charge in [-0.3, -0.25) is 14.9 Å². The molecule has 0 unspecified atom stereocenters. The van der Waals surface area contributed by atoms with Crippen molar-refractivity contribution < 1.29 is 27.1 Å². The van der Waals surface area contributed by atoms with Crippen LogP contribution in [0.2, 0.25) is 10.0 Å². The van der Waals surface area contributed by atoms with E-state index in [0.29, 0.717) is 5.56 Å².